The minimum atomic E-state index is 0.0512. The summed E-state index contributed by atoms with van der Waals surface area (Å²) in [4.78, 5) is 16.0. The van der Waals surface area contributed by atoms with Crippen molar-refractivity contribution in [3.8, 4) is 0 Å². The molecule has 3 atom stereocenters. The largest absolute Gasteiger partial charge is 0.332 e. The summed E-state index contributed by atoms with van der Waals surface area (Å²) in [7, 11) is 0. The number of H-pyrrole nitrogens is 1. The standard InChI is InChI=1S/C16H20N2OS/c1-10-6-5-9-14(11(10)2)18-15(19)12-7-3-4-8-13(12)17-16(18)20/h3-4,7-8,10-11,14H,5-6,9H2,1-2H3,(H,17,20)/t10-,11+,14-/m0/s1. The Morgan fingerprint density at radius 2 is 2.00 bits per heavy atom. The van der Waals surface area contributed by atoms with Gasteiger partial charge in [0.2, 0.25) is 0 Å². The first-order valence-electron chi connectivity index (χ1n) is 7.33. The third kappa shape index (κ3) is 2.12. The van der Waals surface area contributed by atoms with Crippen LogP contribution in [0.25, 0.3) is 10.9 Å². The molecule has 0 saturated heterocycles. The molecule has 2 aromatic rings. The minimum absolute atomic E-state index is 0.0512. The third-order valence-corrected chi connectivity index (χ3v) is 5.13. The van der Waals surface area contributed by atoms with Gasteiger partial charge in [0.15, 0.2) is 4.77 Å². The number of nitrogens with one attached hydrogen (secondary N) is 1. The minimum Gasteiger partial charge on any atom is -0.332 e. The molecule has 0 radical (unpaired) electrons. The Kier molecular flexibility index (Phi) is 3.50. The Morgan fingerprint density at radius 1 is 1.25 bits per heavy atom. The first-order valence-corrected chi connectivity index (χ1v) is 7.74. The van der Waals surface area contributed by atoms with Gasteiger partial charge in [-0.05, 0) is 42.6 Å². The summed E-state index contributed by atoms with van der Waals surface area (Å²) in [6, 6.07) is 7.82. The molecular formula is C16H20N2OS. The monoisotopic (exact) mass is 288 g/mol. The predicted molar refractivity (Wildman–Crippen MR) is 84.6 cm³/mol. The van der Waals surface area contributed by atoms with E-state index >= 15 is 0 Å². The van der Waals surface area contributed by atoms with E-state index < -0.39 is 0 Å². The van der Waals surface area contributed by atoms with Crippen LogP contribution in [0.5, 0.6) is 0 Å². The number of rotatable bonds is 1. The van der Waals surface area contributed by atoms with Crippen molar-refractivity contribution in [2.24, 2.45) is 11.8 Å². The average Bonchev–Trinajstić information content (AvgIpc) is 2.43. The van der Waals surface area contributed by atoms with Gasteiger partial charge in [0.25, 0.3) is 5.56 Å². The number of aromatic nitrogens is 2. The molecule has 1 aromatic heterocycles. The molecule has 1 aromatic carbocycles. The van der Waals surface area contributed by atoms with E-state index in [-0.39, 0.29) is 11.6 Å². The van der Waals surface area contributed by atoms with Crippen molar-refractivity contribution in [1.29, 1.82) is 0 Å². The Bertz CT molecular complexity index is 746. The second-order valence-corrected chi connectivity index (χ2v) is 6.37. The first kappa shape index (κ1) is 13.6. The van der Waals surface area contributed by atoms with E-state index in [0.717, 1.165) is 17.3 Å². The van der Waals surface area contributed by atoms with Crippen LogP contribution in [0.4, 0.5) is 0 Å². The highest BCUT2D eigenvalue weighted by molar-refractivity contribution is 7.71. The maximum atomic E-state index is 12.8. The molecule has 1 aliphatic carbocycles. The Morgan fingerprint density at radius 3 is 2.80 bits per heavy atom. The number of benzene rings is 1. The molecule has 1 N–H and O–H groups in total. The summed E-state index contributed by atoms with van der Waals surface area (Å²) in [6.07, 6.45) is 3.46. The zero-order chi connectivity index (χ0) is 14.3. The van der Waals surface area contributed by atoms with Gasteiger partial charge in [-0.25, -0.2) is 0 Å². The lowest BCUT2D eigenvalue weighted by molar-refractivity contribution is 0.181. The normalized spacial score (nSPS) is 26.8. The van der Waals surface area contributed by atoms with Gasteiger partial charge >= 0.3 is 0 Å². The zero-order valence-corrected chi connectivity index (χ0v) is 12.7. The lowest BCUT2D eigenvalue weighted by atomic mass is 9.78. The fraction of sp³-hybridized carbons (Fsp3) is 0.500. The topological polar surface area (TPSA) is 37.8 Å². The van der Waals surface area contributed by atoms with Gasteiger partial charge in [0.05, 0.1) is 10.9 Å². The summed E-state index contributed by atoms with van der Waals surface area (Å²) in [5.41, 5.74) is 0.880. The molecule has 1 fully saturated rings. The van der Waals surface area contributed by atoms with Gasteiger partial charge in [-0.2, -0.15) is 0 Å². The molecule has 1 heterocycles. The van der Waals surface area contributed by atoms with Gasteiger partial charge in [-0.3, -0.25) is 9.36 Å². The fourth-order valence-electron chi connectivity index (χ4n) is 3.40. The van der Waals surface area contributed by atoms with Gasteiger partial charge in [0, 0.05) is 6.04 Å². The van der Waals surface area contributed by atoms with E-state index in [1.807, 2.05) is 28.8 Å². The molecule has 0 unspecified atom stereocenters. The number of nitrogens with zero attached hydrogens (tertiary/aromatic N) is 1. The summed E-state index contributed by atoms with van der Waals surface area (Å²) in [5.74, 6) is 1.12. The van der Waals surface area contributed by atoms with Crippen LogP contribution in [0.2, 0.25) is 0 Å². The van der Waals surface area contributed by atoms with Crippen molar-refractivity contribution in [2.45, 2.75) is 39.2 Å². The van der Waals surface area contributed by atoms with Crippen LogP contribution >= 0.6 is 12.2 Å². The van der Waals surface area contributed by atoms with Crippen molar-refractivity contribution in [3.63, 3.8) is 0 Å². The number of aromatic amines is 1. The van der Waals surface area contributed by atoms with Crippen LogP contribution in [0.3, 0.4) is 0 Å². The van der Waals surface area contributed by atoms with Crippen LogP contribution in [0.1, 0.15) is 39.2 Å². The Hall–Kier alpha value is -1.42. The van der Waals surface area contributed by atoms with Crippen LogP contribution in [0.15, 0.2) is 29.1 Å². The number of hydrogen-bond acceptors (Lipinski definition) is 2. The van der Waals surface area contributed by atoms with Crippen molar-refractivity contribution in [1.82, 2.24) is 9.55 Å². The highest BCUT2D eigenvalue weighted by atomic mass is 32.1. The van der Waals surface area contributed by atoms with E-state index in [9.17, 15) is 4.79 Å². The van der Waals surface area contributed by atoms with E-state index in [1.165, 1.54) is 12.8 Å². The van der Waals surface area contributed by atoms with Gasteiger partial charge < -0.3 is 4.98 Å². The molecular weight excluding hydrogens is 268 g/mol. The van der Waals surface area contributed by atoms with Crippen LogP contribution < -0.4 is 5.56 Å². The van der Waals surface area contributed by atoms with Crippen molar-refractivity contribution in [2.75, 3.05) is 0 Å². The summed E-state index contributed by atoms with van der Waals surface area (Å²) in [6.45, 7) is 4.51. The highest BCUT2D eigenvalue weighted by Crippen LogP contribution is 2.37. The summed E-state index contributed by atoms with van der Waals surface area (Å²) >= 11 is 5.45. The number of para-hydroxylation sites is 1. The Labute approximate surface area is 123 Å². The lowest BCUT2D eigenvalue weighted by Crippen LogP contribution is -2.34. The van der Waals surface area contributed by atoms with Gasteiger partial charge in [0.1, 0.15) is 0 Å². The van der Waals surface area contributed by atoms with E-state index in [1.54, 1.807) is 0 Å². The van der Waals surface area contributed by atoms with Gasteiger partial charge in [-0.1, -0.05) is 38.8 Å². The van der Waals surface area contributed by atoms with Gasteiger partial charge in [-0.15, -0.1) is 0 Å². The lowest BCUT2D eigenvalue weighted by Gasteiger charge is -2.35. The predicted octanol–water partition coefficient (Wildman–Crippen LogP) is 4.06. The molecule has 106 valence electrons. The Balaban J connectivity index is 2.21. The van der Waals surface area contributed by atoms with Crippen LogP contribution in [-0.2, 0) is 0 Å². The molecule has 1 saturated carbocycles. The molecule has 0 amide bonds. The molecule has 4 heteroatoms. The molecule has 0 spiro atoms. The number of fused-ring (bicyclic) bond motifs is 1. The molecule has 20 heavy (non-hydrogen) atoms. The summed E-state index contributed by atoms with van der Waals surface area (Å²) in [5, 5.41) is 0.728. The number of hydrogen-bond donors (Lipinski definition) is 1. The van der Waals surface area contributed by atoms with Crippen molar-refractivity contribution in [3.05, 3.63) is 39.4 Å². The molecule has 3 nitrogen and oxygen atoms in total. The highest BCUT2D eigenvalue weighted by Gasteiger charge is 2.29. The zero-order valence-electron chi connectivity index (χ0n) is 11.9. The maximum Gasteiger partial charge on any atom is 0.262 e. The fourth-order valence-corrected chi connectivity index (χ4v) is 3.72. The smallest absolute Gasteiger partial charge is 0.262 e. The van der Waals surface area contributed by atoms with Crippen molar-refractivity contribution < 1.29 is 0 Å². The second kappa shape index (κ2) is 5.17. The molecule has 3 rings (SSSR count). The van der Waals surface area contributed by atoms with Crippen LogP contribution in [-0.4, -0.2) is 9.55 Å². The molecule has 0 bridgehead atoms. The molecule has 1 aliphatic rings. The second-order valence-electron chi connectivity index (χ2n) is 5.99. The van der Waals surface area contributed by atoms with Crippen LogP contribution in [0, 0.1) is 16.6 Å². The quantitative estimate of drug-likeness (QED) is 0.804. The van der Waals surface area contributed by atoms with E-state index in [0.29, 0.717) is 16.6 Å². The summed E-state index contributed by atoms with van der Waals surface area (Å²) < 4.78 is 2.37. The third-order valence-electron chi connectivity index (χ3n) is 4.83. The van der Waals surface area contributed by atoms with Crippen molar-refractivity contribution >= 4 is 23.1 Å². The first-order chi connectivity index (χ1) is 9.59. The average molecular weight is 288 g/mol. The SMILES string of the molecule is C[C@@H]1[C@@H](C)CCC[C@@H]1n1c(=S)[nH]c2ccccc2c1=O. The van der Waals surface area contributed by atoms with E-state index in [2.05, 4.69) is 18.8 Å². The van der Waals surface area contributed by atoms with E-state index in [4.69, 9.17) is 12.2 Å². The maximum absolute atomic E-state index is 12.8. The molecule has 0 aliphatic heterocycles.